The highest BCUT2D eigenvalue weighted by Crippen LogP contribution is 2.36. The fourth-order valence-corrected chi connectivity index (χ4v) is 6.78. The molecule has 11 nitrogen and oxygen atoms in total. The summed E-state index contributed by atoms with van der Waals surface area (Å²) >= 11 is 0. The van der Waals surface area contributed by atoms with Crippen LogP contribution in [0.15, 0.2) is 61.1 Å². The molecular formula is C33H30F2N8O3S. The number of nitrogens with two attached hydrogens (primary N) is 1. The van der Waals surface area contributed by atoms with Crippen LogP contribution >= 0.6 is 0 Å². The number of anilines is 1. The number of carbonyl (C=O) groups is 1. The quantitative estimate of drug-likeness (QED) is 0.161. The molecule has 1 aliphatic carbocycles. The van der Waals surface area contributed by atoms with E-state index >= 15 is 4.39 Å². The fourth-order valence-electron chi connectivity index (χ4n) is 6.15. The number of halogens is 2. The molecule has 2 aromatic carbocycles. The molecule has 47 heavy (non-hydrogen) atoms. The maximum Gasteiger partial charge on any atom is 0.227 e. The monoisotopic (exact) mass is 656 g/mol. The van der Waals surface area contributed by atoms with Crippen molar-refractivity contribution in [3.05, 3.63) is 78.3 Å². The summed E-state index contributed by atoms with van der Waals surface area (Å²) < 4.78 is 55.1. The van der Waals surface area contributed by atoms with Gasteiger partial charge in [-0.3, -0.25) is 19.9 Å². The molecule has 240 valence electrons. The predicted molar refractivity (Wildman–Crippen MR) is 175 cm³/mol. The van der Waals surface area contributed by atoms with Crippen molar-refractivity contribution in [2.24, 2.45) is 11.7 Å². The number of amides is 1. The van der Waals surface area contributed by atoms with Crippen LogP contribution in [-0.2, 0) is 14.6 Å². The van der Waals surface area contributed by atoms with Crippen LogP contribution in [0.25, 0.3) is 55.8 Å². The lowest BCUT2D eigenvalue weighted by molar-refractivity contribution is -0.120. The molecule has 6 aromatic rings. The first kappa shape index (κ1) is 30.6. The van der Waals surface area contributed by atoms with E-state index in [1.54, 1.807) is 30.5 Å². The van der Waals surface area contributed by atoms with Crippen LogP contribution in [0.4, 0.5) is 14.5 Å². The highest BCUT2D eigenvalue weighted by molar-refractivity contribution is 7.90. The van der Waals surface area contributed by atoms with E-state index in [1.165, 1.54) is 24.5 Å². The zero-order chi connectivity index (χ0) is 32.9. The van der Waals surface area contributed by atoms with E-state index in [-0.39, 0.29) is 51.1 Å². The lowest BCUT2D eigenvalue weighted by Gasteiger charge is -2.20. The Balaban J connectivity index is 1.26. The first-order chi connectivity index (χ1) is 22.6. The van der Waals surface area contributed by atoms with Gasteiger partial charge in [0.05, 0.1) is 34.0 Å². The van der Waals surface area contributed by atoms with E-state index in [9.17, 15) is 17.6 Å². The van der Waals surface area contributed by atoms with Gasteiger partial charge in [0.25, 0.3) is 0 Å². The molecule has 1 atom stereocenters. The van der Waals surface area contributed by atoms with Crippen molar-refractivity contribution in [2.75, 3.05) is 11.6 Å². The number of imidazole rings is 1. The third kappa shape index (κ3) is 5.85. The number of fused-ring (bicyclic) bond motifs is 2. The molecule has 0 radical (unpaired) electrons. The van der Waals surface area contributed by atoms with Gasteiger partial charge in [-0.2, -0.15) is 5.10 Å². The number of nitrogens with one attached hydrogen (secondary N) is 3. The van der Waals surface area contributed by atoms with Crippen molar-refractivity contribution in [3.63, 3.8) is 0 Å². The van der Waals surface area contributed by atoms with Crippen molar-refractivity contribution < 1.29 is 22.0 Å². The van der Waals surface area contributed by atoms with E-state index in [2.05, 4.69) is 35.5 Å². The number of pyridine rings is 2. The highest BCUT2D eigenvalue weighted by Gasteiger charge is 2.24. The van der Waals surface area contributed by atoms with Crippen molar-refractivity contribution in [3.8, 4) is 33.9 Å². The van der Waals surface area contributed by atoms with Crippen LogP contribution in [0, 0.1) is 17.6 Å². The van der Waals surface area contributed by atoms with Gasteiger partial charge in [-0.25, -0.2) is 22.2 Å². The van der Waals surface area contributed by atoms with E-state index in [4.69, 9.17) is 5.73 Å². The topological polar surface area (TPSA) is 172 Å². The Hall–Kier alpha value is -5.08. The summed E-state index contributed by atoms with van der Waals surface area (Å²) in [7, 11) is -3.70. The molecule has 7 rings (SSSR count). The Kier molecular flexibility index (Phi) is 7.76. The van der Waals surface area contributed by atoms with Crippen LogP contribution in [0.3, 0.4) is 0 Å². The lowest BCUT2D eigenvalue weighted by atomic mass is 9.88. The van der Waals surface area contributed by atoms with Gasteiger partial charge in [-0.15, -0.1) is 0 Å². The summed E-state index contributed by atoms with van der Waals surface area (Å²) in [4.78, 5) is 29.3. The number of rotatable bonds is 7. The Morgan fingerprint density at radius 3 is 2.60 bits per heavy atom. The molecule has 1 unspecified atom stereocenters. The summed E-state index contributed by atoms with van der Waals surface area (Å²) in [6.07, 6.45) is 10.5. The summed E-state index contributed by atoms with van der Waals surface area (Å²) in [5, 5.41) is 8.90. The molecule has 4 heterocycles. The zero-order valence-electron chi connectivity index (χ0n) is 25.2. The second-order valence-electron chi connectivity index (χ2n) is 11.9. The molecule has 5 N–H and O–H groups in total. The third-order valence-corrected chi connectivity index (χ3v) is 9.76. The molecule has 0 saturated heterocycles. The summed E-state index contributed by atoms with van der Waals surface area (Å²) in [5.41, 5.74) is 9.20. The van der Waals surface area contributed by atoms with Crippen molar-refractivity contribution in [1.82, 2.24) is 30.1 Å². The number of hydrogen-bond donors (Lipinski definition) is 4. The Labute approximate surface area is 268 Å². The van der Waals surface area contributed by atoms with Gasteiger partial charge >= 0.3 is 0 Å². The number of nitrogens with zero attached hydrogens (tertiary/aromatic N) is 4. The largest absolute Gasteiger partial charge is 0.336 e. The second-order valence-corrected chi connectivity index (χ2v) is 14.0. The first-order valence-electron chi connectivity index (χ1n) is 15.1. The standard InChI is InChI=1S/C33H30F2N8O3S/c1-47(45,46)31(36)19-11-18(12-21(34)13-19)28-29-25(9-10-38-28)40-32(41-29)30-26-24(42-43-30)8-7-23(27(26)35)20-14-22(16-37-15-20)39-33(44)17-5-3-2-4-6-17/h7-17,31H,2-6,36H2,1H3,(H,39,44)(H,40,41)(H,42,43). The third-order valence-electron chi connectivity index (χ3n) is 8.57. The van der Waals surface area contributed by atoms with Gasteiger partial charge in [0.15, 0.2) is 15.7 Å². The maximum absolute atomic E-state index is 16.3. The lowest BCUT2D eigenvalue weighted by Crippen LogP contribution is -2.24. The number of H-pyrrole nitrogens is 2. The fraction of sp³-hybridized carbons (Fsp3) is 0.242. The van der Waals surface area contributed by atoms with E-state index in [0.717, 1.165) is 44.4 Å². The zero-order valence-corrected chi connectivity index (χ0v) is 26.0. The second kappa shape index (κ2) is 11.9. The molecule has 1 saturated carbocycles. The average Bonchev–Trinajstić information content (AvgIpc) is 3.69. The molecule has 4 aromatic heterocycles. The normalized spacial score (nSPS) is 14.9. The molecular weight excluding hydrogens is 626 g/mol. The van der Waals surface area contributed by atoms with Crippen molar-refractivity contribution in [2.45, 2.75) is 37.5 Å². The molecule has 14 heteroatoms. The highest BCUT2D eigenvalue weighted by atomic mass is 32.2. The minimum atomic E-state index is -3.70. The van der Waals surface area contributed by atoms with Gasteiger partial charge in [-0.05, 0) is 60.9 Å². The van der Waals surface area contributed by atoms with Crippen molar-refractivity contribution >= 4 is 43.4 Å². The molecule has 0 spiro atoms. The Bertz CT molecular complexity index is 2280. The molecule has 0 aliphatic heterocycles. The van der Waals surface area contributed by atoms with Gasteiger partial charge in [0.2, 0.25) is 5.91 Å². The SMILES string of the molecule is CS(=O)(=O)C(N)c1cc(F)cc(-c2nccc3[nH]c(-c4n[nH]c5ccc(-c6cncc(NC(=O)C7CCCCC7)c6)c(F)c45)nc23)c1. The number of sulfone groups is 1. The number of aromatic nitrogens is 6. The summed E-state index contributed by atoms with van der Waals surface area (Å²) in [6.45, 7) is 0. The van der Waals surface area contributed by atoms with E-state index in [0.29, 0.717) is 27.8 Å². The maximum atomic E-state index is 16.3. The van der Waals surface area contributed by atoms with Gasteiger partial charge in [-0.1, -0.05) is 19.3 Å². The van der Waals surface area contributed by atoms with Crippen LogP contribution in [-0.4, -0.2) is 50.7 Å². The first-order valence-corrected chi connectivity index (χ1v) is 17.1. The van der Waals surface area contributed by atoms with Crippen LogP contribution < -0.4 is 11.1 Å². The molecule has 1 amide bonds. The number of carbonyl (C=O) groups excluding carboxylic acids is 1. The summed E-state index contributed by atoms with van der Waals surface area (Å²) in [6, 6.07) is 10.4. The van der Waals surface area contributed by atoms with Crippen LogP contribution in [0.1, 0.15) is 43.0 Å². The van der Waals surface area contributed by atoms with Crippen LogP contribution in [0.5, 0.6) is 0 Å². The van der Waals surface area contributed by atoms with E-state index < -0.39 is 26.8 Å². The predicted octanol–water partition coefficient (Wildman–Crippen LogP) is 6.03. The smallest absolute Gasteiger partial charge is 0.227 e. The average molecular weight is 657 g/mol. The number of hydrogen-bond acceptors (Lipinski definition) is 8. The Morgan fingerprint density at radius 2 is 1.81 bits per heavy atom. The van der Waals surface area contributed by atoms with Gasteiger partial charge < -0.3 is 16.0 Å². The number of aromatic amines is 2. The molecule has 0 bridgehead atoms. The van der Waals surface area contributed by atoms with E-state index in [1.807, 2.05) is 0 Å². The van der Waals surface area contributed by atoms with Crippen LogP contribution in [0.2, 0.25) is 0 Å². The Morgan fingerprint density at radius 1 is 1.00 bits per heavy atom. The van der Waals surface area contributed by atoms with Gasteiger partial charge in [0.1, 0.15) is 28.2 Å². The summed E-state index contributed by atoms with van der Waals surface area (Å²) in [5.74, 6) is -1.12. The molecule has 1 aliphatic rings. The minimum Gasteiger partial charge on any atom is -0.336 e. The van der Waals surface area contributed by atoms with Gasteiger partial charge in [0, 0.05) is 41.3 Å². The number of benzene rings is 2. The van der Waals surface area contributed by atoms with Crippen molar-refractivity contribution in [1.29, 1.82) is 0 Å². The molecule has 1 fully saturated rings. The minimum absolute atomic E-state index is 0.0402.